The second-order valence-electron chi connectivity index (χ2n) is 4.88. The zero-order chi connectivity index (χ0) is 15.8. The van der Waals surface area contributed by atoms with E-state index in [0.717, 1.165) is 5.56 Å². The highest BCUT2D eigenvalue weighted by Crippen LogP contribution is 2.31. The van der Waals surface area contributed by atoms with E-state index in [1.807, 2.05) is 0 Å². The molecule has 1 heterocycles. The van der Waals surface area contributed by atoms with Gasteiger partial charge >= 0.3 is 0 Å². The van der Waals surface area contributed by atoms with Crippen molar-refractivity contribution in [3.05, 3.63) is 32.8 Å². The molecule has 21 heavy (non-hydrogen) atoms. The van der Waals surface area contributed by atoms with Crippen LogP contribution < -0.4 is 11.5 Å². The zero-order valence-corrected chi connectivity index (χ0v) is 13.7. The van der Waals surface area contributed by atoms with Crippen molar-refractivity contribution in [2.75, 3.05) is 0 Å². The molecule has 0 saturated heterocycles. The molecule has 1 aliphatic heterocycles. The van der Waals surface area contributed by atoms with Crippen molar-refractivity contribution in [3.63, 3.8) is 0 Å². The highest BCUT2D eigenvalue weighted by Gasteiger charge is 2.33. The Balaban J connectivity index is 2.15. The molecule has 0 unspecified atom stereocenters. The van der Waals surface area contributed by atoms with Gasteiger partial charge in [0.15, 0.2) is 5.66 Å². The van der Waals surface area contributed by atoms with Crippen LogP contribution in [-0.4, -0.2) is 22.6 Å². The van der Waals surface area contributed by atoms with E-state index in [1.54, 1.807) is 26.0 Å². The Labute approximate surface area is 137 Å². The van der Waals surface area contributed by atoms with Crippen LogP contribution in [0.3, 0.4) is 0 Å². The van der Waals surface area contributed by atoms with Crippen LogP contribution in [0, 0.1) is 0 Å². The van der Waals surface area contributed by atoms with Crippen LogP contribution in [0.5, 0.6) is 0 Å². The maximum Gasteiger partial charge on any atom is 0.226 e. The number of benzene rings is 1. The molecule has 0 aliphatic carbocycles. The lowest BCUT2D eigenvalue weighted by Gasteiger charge is -2.36. The van der Waals surface area contributed by atoms with E-state index in [2.05, 4.69) is 9.98 Å². The average Bonchev–Trinajstić information content (AvgIpc) is 2.33. The van der Waals surface area contributed by atoms with Gasteiger partial charge in [0.05, 0.1) is 15.1 Å². The summed E-state index contributed by atoms with van der Waals surface area (Å²) in [7, 11) is 0. The lowest BCUT2D eigenvalue weighted by atomic mass is 10.2. The van der Waals surface area contributed by atoms with Crippen LogP contribution in [0.1, 0.15) is 19.4 Å². The largest absolute Gasteiger partial charge is 0.368 e. The molecule has 0 spiro atoms. The quantitative estimate of drug-likeness (QED) is 0.820. The third-order valence-corrected chi connectivity index (χ3v) is 3.92. The van der Waals surface area contributed by atoms with Gasteiger partial charge in [0, 0.05) is 0 Å². The smallest absolute Gasteiger partial charge is 0.226 e. The number of hydrogen-bond donors (Lipinski definition) is 2. The number of aliphatic imine (C=N–C) groups is 2. The molecule has 2 rings (SSSR count). The van der Waals surface area contributed by atoms with Crippen molar-refractivity contribution >= 4 is 46.7 Å². The molecular formula is C12H14Cl3N5O. The summed E-state index contributed by atoms with van der Waals surface area (Å²) in [6.07, 6.45) is 0. The first-order valence-corrected chi connectivity index (χ1v) is 7.10. The van der Waals surface area contributed by atoms with Gasteiger partial charge in [0.1, 0.15) is 6.61 Å². The molecule has 0 atom stereocenters. The molecule has 0 radical (unpaired) electrons. The van der Waals surface area contributed by atoms with Crippen LogP contribution in [-0.2, 0) is 11.4 Å². The lowest BCUT2D eigenvalue weighted by molar-refractivity contribution is -0.166. The summed E-state index contributed by atoms with van der Waals surface area (Å²) >= 11 is 17.8. The number of nitrogens with two attached hydrogens (primary N) is 2. The van der Waals surface area contributed by atoms with E-state index in [1.165, 1.54) is 5.06 Å². The number of guanidine groups is 2. The molecule has 114 valence electrons. The first-order valence-electron chi connectivity index (χ1n) is 5.97. The van der Waals surface area contributed by atoms with Gasteiger partial charge in [-0.15, -0.1) is 0 Å². The molecule has 9 heteroatoms. The molecule has 1 aromatic carbocycles. The molecule has 6 nitrogen and oxygen atoms in total. The van der Waals surface area contributed by atoms with Crippen LogP contribution >= 0.6 is 34.8 Å². The Hall–Kier alpha value is -1.21. The van der Waals surface area contributed by atoms with Crippen LogP contribution in [0.15, 0.2) is 22.1 Å². The van der Waals surface area contributed by atoms with E-state index >= 15 is 0 Å². The van der Waals surface area contributed by atoms with Crippen molar-refractivity contribution < 1.29 is 4.84 Å². The summed E-state index contributed by atoms with van der Waals surface area (Å²) in [6, 6.07) is 3.33. The first kappa shape index (κ1) is 16.2. The van der Waals surface area contributed by atoms with E-state index in [4.69, 9.17) is 51.1 Å². The minimum absolute atomic E-state index is 0.106. The van der Waals surface area contributed by atoms with Gasteiger partial charge in [0.2, 0.25) is 11.9 Å². The minimum atomic E-state index is -0.768. The Bertz CT molecular complexity index is 606. The average molecular weight is 351 g/mol. The summed E-state index contributed by atoms with van der Waals surface area (Å²) in [5, 5.41) is 2.38. The van der Waals surface area contributed by atoms with Gasteiger partial charge in [-0.1, -0.05) is 34.8 Å². The van der Waals surface area contributed by atoms with E-state index in [9.17, 15) is 0 Å². The zero-order valence-electron chi connectivity index (χ0n) is 11.4. The van der Waals surface area contributed by atoms with E-state index in [-0.39, 0.29) is 18.5 Å². The Morgan fingerprint density at radius 2 is 1.76 bits per heavy atom. The second kappa shape index (κ2) is 5.88. The predicted molar refractivity (Wildman–Crippen MR) is 85.4 cm³/mol. The summed E-state index contributed by atoms with van der Waals surface area (Å²) in [5.74, 6) is 0.230. The number of rotatable bonds is 3. The molecular weight excluding hydrogens is 337 g/mol. The summed E-state index contributed by atoms with van der Waals surface area (Å²) in [5.41, 5.74) is 11.4. The first-order chi connectivity index (χ1) is 9.70. The third kappa shape index (κ3) is 3.52. The molecule has 1 aliphatic rings. The minimum Gasteiger partial charge on any atom is -0.368 e. The molecule has 0 bridgehead atoms. The standard InChI is InChI=1S/C12H14Cl3N5O/c1-12(2)19-10(16)18-11(17)20(12)21-5-6-3-7(13)9(15)8(14)4-6/h3-4H,5H2,1-2H3,(H4,16,17,18,19). The maximum absolute atomic E-state index is 5.97. The van der Waals surface area contributed by atoms with Gasteiger partial charge in [-0.25, -0.2) is 4.99 Å². The van der Waals surface area contributed by atoms with Crippen LogP contribution in [0.2, 0.25) is 15.1 Å². The fraction of sp³-hybridized carbons (Fsp3) is 0.333. The van der Waals surface area contributed by atoms with Gasteiger partial charge in [0.25, 0.3) is 0 Å². The molecule has 1 aromatic rings. The predicted octanol–water partition coefficient (Wildman–Crippen LogP) is 2.76. The molecule has 0 amide bonds. The Morgan fingerprint density at radius 3 is 2.29 bits per heavy atom. The highest BCUT2D eigenvalue weighted by atomic mass is 35.5. The normalized spacial score (nSPS) is 17.5. The fourth-order valence-electron chi connectivity index (χ4n) is 1.85. The van der Waals surface area contributed by atoms with Crippen molar-refractivity contribution in [1.82, 2.24) is 5.06 Å². The number of halogens is 3. The lowest BCUT2D eigenvalue weighted by Crippen LogP contribution is -2.53. The van der Waals surface area contributed by atoms with Crippen LogP contribution in [0.25, 0.3) is 0 Å². The highest BCUT2D eigenvalue weighted by molar-refractivity contribution is 6.48. The summed E-state index contributed by atoms with van der Waals surface area (Å²) in [6.45, 7) is 3.76. The number of hydrogen-bond acceptors (Lipinski definition) is 6. The topological polar surface area (TPSA) is 89.2 Å². The Kier molecular flexibility index (Phi) is 4.53. The number of hydroxylamine groups is 2. The monoisotopic (exact) mass is 349 g/mol. The van der Waals surface area contributed by atoms with Crippen molar-refractivity contribution in [3.8, 4) is 0 Å². The fourth-order valence-corrected chi connectivity index (χ4v) is 2.49. The van der Waals surface area contributed by atoms with E-state index < -0.39 is 5.66 Å². The van der Waals surface area contributed by atoms with Crippen molar-refractivity contribution in [2.24, 2.45) is 21.5 Å². The SMILES string of the molecule is CC1(C)N=C(N)N=C(N)N1OCc1cc(Cl)c(Cl)c(Cl)c1. The number of nitrogens with zero attached hydrogens (tertiary/aromatic N) is 3. The van der Waals surface area contributed by atoms with Gasteiger partial charge in [-0.05, 0) is 31.5 Å². The molecule has 0 saturated carbocycles. The van der Waals surface area contributed by atoms with Crippen molar-refractivity contribution in [1.29, 1.82) is 0 Å². The van der Waals surface area contributed by atoms with Gasteiger partial charge in [-0.2, -0.15) is 10.1 Å². The second-order valence-corrected chi connectivity index (χ2v) is 6.07. The van der Waals surface area contributed by atoms with Gasteiger partial charge < -0.3 is 11.5 Å². The Morgan fingerprint density at radius 1 is 1.19 bits per heavy atom. The van der Waals surface area contributed by atoms with Gasteiger partial charge in [-0.3, -0.25) is 4.84 Å². The molecule has 4 N–H and O–H groups in total. The van der Waals surface area contributed by atoms with Crippen LogP contribution in [0.4, 0.5) is 0 Å². The third-order valence-electron chi connectivity index (χ3n) is 2.73. The maximum atomic E-state index is 5.97. The van der Waals surface area contributed by atoms with Crippen molar-refractivity contribution in [2.45, 2.75) is 26.1 Å². The molecule has 0 fully saturated rings. The molecule has 0 aromatic heterocycles. The summed E-state index contributed by atoms with van der Waals surface area (Å²) < 4.78 is 0. The summed E-state index contributed by atoms with van der Waals surface area (Å²) in [4.78, 5) is 13.7. The van der Waals surface area contributed by atoms with E-state index in [0.29, 0.717) is 15.1 Å².